The Hall–Kier alpha value is -2.24. The number of carbonyl (C=O) groups excluding carboxylic acids is 4. The van der Waals surface area contributed by atoms with Crippen LogP contribution in [0, 0.1) is 16.7 Å². The molecule has 8 nitrogen and oxygen atoms in total. The Morgan fingerprint density at radius 3 is 2.21 bits per heavy atom. The van der Waals surface area contributed by atoms with Crippen molar-refractivity contribution in [1.82, 2.24) is 15.5 Å². The van der Waals surface area contributed by atoms with E-state index in [0.29, 0.717) is 12.2 Å². The molecule has 0 spiro atoms. The minimum atomic E-state index is -5.17. The fourth-order valence-corrected chi connectivity index (χ4v) is 4.56. The first kappa shape index (κ1) is 27.0. The van der Waals surface area contributed by atoms with E-state index in [0.717, 1.165) is 10.5 Å². The van der Waals surface area contributed by atoms with Crippen LogP contribution in [0.25, 0.3) is 0 Å². The van der Waals surface area contributed by atoms with Gasteiger partial charge in [-0.2, -0.15) is 24.9 Å². The first-order valence-electron chi connectivity index (χ1n) is 10.4. The maximum Gasteiger partial charge on any atom is 0.471 e. The smallest absolute Gasteiger partial charge is 0.368 e. The van der Waals surface area contributed by atoms with Gasteiger partial charge in [0.05, 0.1) is 0 Å². The maximum absolute atomic E-state index is 13.4. The van der Waals surface area contributed by atoms with Gasteiger partial charge >= 0.3 is 12.1 Å². The van der Waals surface area contributed by atoms with E-state index in [9.17, 15) is 32.3 Å². The summed E-state index contributed by atoms with van der Waals surface area (Å²) >= 11 is 1.47. The summed E-state index contributed by atoms with van der Waals surface area (Å²) in [5.41, 5.74) is 4.75. The first-order valence-corrected chi connectivity index (χ1v) is 11.8. The number of alkyl halides is 3. The molecule has 186 valence electrons. The predicted octanol–water partition coefficient (Wildman–Crippen LogP) is 1.55. The molecule has 0 radical (unpaired) electrons. The molecule has 4 atom stereocenters. The molecular weight excluding hydrogens is 461 g/mol. The van der Waals surface area contributed by atoms with Crippen molar-refractivity contribution in [2.24, 2.45) is 22.5 Å². The third-order valence-corrected chi connectivity index (χ3v) is 6.75. The standard InChI is InChI=1S/C21H31F3N4O4S/c1-19(2,3)14(27-18(32)21(22,23)24)17(31)28-9-10-12(20(10,4)5)13(28)16(30)26-11(15(25)29)7-8-33-6/h9,11-14H,7-8H2,1-6H3,(H2,25,29)(H,26,30)(H,27,32)/t11-,12-,13-,14+/m0/s1. The monoisotopic (exact) mass is 492 g/mol. The van der Waals surface area contributed by atoms with E-state index < -0.39 is 53.3 Å². The van der Waals surface area contributed by atoms with Crippen molar-refractivity contribution in [3.05, 3.63) is 11.8 Å². The number of hydrogen-bond donors (Lipinski definition) is 3. The van der Waals surface area contributed by atoms with Crippen LogP contribution >= 0.6 is 11.8 Å². The molecule has 4 amide bonds. The molecule has 2 rings (SSSR count). The first-order chi connectivity index (χ1) is 14.9. The molecule has 33 heavy (non-hydrogen) atoms. The highest BCUT2D eigenvalue weighted by atomic mass is 32.2. The molecule has 2 aliphatic rings. The molecular formula is C21H31F3N4O4S. The minimum Gasteiger partial charge on any atom is -0.368 e. The van der Waals surface area contributed by atoms with E-state index in [4.69, 9.17) is 5.73 Å². The summed E-state index contributed by atoms with van der Waals surface area (Å²) in [6.07, 6.45) is -1.57. The van der Waals surface area contributed by atoms with Crippen LogP contribution in [0.4, 0.5) is 13.2 Å². The van der Waals surface area contributed by atoms with E-state index in [2.05, 4.69) is 5.32 Å². The van der Waals surface area contributed by atoms with Crippen molar-refractivity contribution >= 4 is 35.4 Å². The summed E-state index contributed by atoms with van der Waals surface area (Å²) in [5.74, 6) is -4.20. The van der Waals surface area contributed by atoms with Gasteiger partial charge in [-0.15, -0.1) is 0 Å². The van der Waals surface area contributed by atoms with Crippen molar-refractivity contribution in [1.29, 1.82) is 0 Å². The summed E-state index contributed by atoms with van der Waals surface area (Å²) in [6, 6.07) is -3.55. The maximum atomic E-state index is 13.4. The SMILES string of the molecule is CSCC[C@H](NC(=O)[C@@H]1[C@@H]2C(=CN1C(=O)[C@@H](NC(=O)C(F)(F)F)C(C)(C)C)C2(C)C)C(N)=O. The Bertz CT molecular complexity index is 867. The van der Waals surface area contributed by atoms with Crippen LogP contribution < -0.4 is 16.4 Å². The zero-order chi connectivity index (χ0) is 25.5. The van der Waals surface area contributed by atoms with Gasteiger partial charge in [-0.1, -0.05) is 34.6 Å². The van der Waals surface area contributed by atoms with Crippen molar-refractivity contribution < 1.29 is 32.3 Å². The third-order valence-electron chi connectivity index (χ3n) is 6.11. The number of thioether (sulfide) groups is 1. The molecule has 1 aliphatic heterocycles. The normalized spacial score (nSPS) is 23.2. The number of carbonyl (C=O) groups is 4. The molecule has 0 aromatic rings. The molecule has 0 aromatic carbocycles. The van der Waals surface area contributed by atoms with Crippen LogP contribution in [0.3, 0.4) is 0 Å². The highest BCUT2D eigenvalue weighted by Gasteiger charge is 2.65. The van der Waals surface area contributed by atoms with Gasteiger partial charge in [-0.3, -0.25) is 19.2 Å². The van der Waals surface area contributed by atoms with Crippen LogP contribution in [-0.2, 0) is 19.2 Å². The van der Waals surface area contributed by atoms with Crippen LogP contribution in [0.1, 0.15) is 41.0 Å². The van der Waals surface area contributed by atoms with Gasteiger partial charge in [0.15, 0.2) is 0 Å². The number of nitrogens with zero attached hydrogens (tertiary/aromatic N) is 1. The average molecular weight is 493 g/mol. The van der Waals surface area contributed by atoms with E-state index in [1.165, 1.54) is 38.7 Å². The summed E-state index contributed by atoms with van der Waals surface area (Å²) in [7, 11) is 0. The fraction of sp³-hybridized carbons (Fsp3) is 0.714. The van der Waals surface area contributed by atoms with Gasteiger partial charge < -0.3 is 21.3 Å². The summed E-state index contributed by atoms with van der Waals surface area (Å²) in [5, 5.41) is 4.37. The molecule has 1 aliphatic carbocycles. The lowest BCUT2D eigenvalue weighted by Gasteiger charge is -2.36. The number of rotatable bonds is 8. The number of primary amides is 1. The largest absolute Gasteiger partial charge is 0.471 e. The second-order valence-electron chi connectivity index (χ2n) is 9.99. The Morgan fingerprint density at radius 2 is 1.76 bits per heavy atom. The Morgan fingerprint density at radius 1 is 1.18 bits per heavy atom. The summed E-state index contributed by atoms with van der Waals surface area (Å²) in [6.45, 7) is 8.32. The zero-order valence-electron chi connectivity index (χ0n) is 19.5. The molecule has 1 fully saturated rings. The molecule has 0 unspecified atom stereocenters. The average Bonchev–Trinajstić information content (AvgIpc) is 3.02. The highest BCUT2D eigenvalue weighted by molar-refractivity contribution is 7.98. The third kappa shape index (κ3) is 5.64. The molecule has 0 saturated heterocycles. The number of hydrogen-bond acceptors (Lipinski definition) is 5. The molecule has 12 heteroatoms. The summed E-state index contributed by atoms with van der Waals surface area (Å²) in [4.78, 5) is 51.0. The van der Waals surface area contributed by atoms with Gasteiger partial charge in [0, 0.05) is 12.1 Å². The zero-order valence-corrected chi connectivity index (χ0v) is 20.3. The lowest BCUT2D eigenvalue weighted by atomic mass is 9.85. The van der Waals surface area contributed by atoms with Crippen molar-refractivity contribution in [3.8, 4) is 0 Å². The number of halogens is 3. The van der Waals surface area contributed by atoms with Crippen LogP contribution in [0.2, 0.25) is 0 Å². The molecule has 0 bridgehead atoms. The molecule has 1 saturated carbocycles. The van der Waals surface area contributed by atoms with Crippen molar-refractivity contribution in [2.45, 2.75) is 65.3 Å². The van der Waals surface area contributed by atoms with E-state index >= 15 is 0 Å². The summed E-state index contributed by atoms with van der Waals surface area (Å²) < 4.78 is 38.6. The number of fused-ring (bicyclic) bond motifs is 1. The van der Waals surface area contributed by atoms with E-state index in [-0.39, 0.29) is 11.3 Å². The van der Waals surface area contributed by atoms with Gasteiger partial charge in [0.25, 0.3) is 0 Å². The van der Waals surface area contributed by atoms with Crippen LogP contribution in [0.5, 0.6) is 0 Å². The lowest BCUT2D eigenvalue weighted by molar-refractivity contribution is -0.176. The number of amides is 4. The minimum absolute atomic E-state index is 0.295. The fourth-order valence-electron chi connectivity index (χ4n) is 4.09. The Kier molecular flexibility index (Phi) is 7.52. The van der Waals surface area contributed by atoms with Gasteiger partial charge in [0.1, 0.15) is 18.1 Å². The van der Waals surface area contributed by atoms with Crippen LogP contribution in [0.15, 0.2) is 11.8 Å². The number of nitrogens with one attached hydrogen (secondary N) is 2. The van der Waals surface area contributed by atoms with Crippen LogP contribution in [-0.4, -0.2) is 64.8 Å². The van der Waals surface area contributed by atoms with Gasteiger partial charge in [-0.05, 0) is 34.8 Å². The quantitative estimate of drug-likeness (QED) is 0.475. The molecule has 4 N–H and O–H groups in total. The molecule has 1 heterocycles. The molecule has 0 aromatic heterocycles. The predicted molar refractivity (Wildman–Crippen MR) is 118 cm³/mol. The highest BCUT2D eigenvalue weighted by Crippen LogP contribution is 2.64. The Balaban J connectivity index is 2.34. The van der Waals surface area contributed by atoms with E-state index in [1.54, 1.807) is 5.32 Å². The van der Waals surface area contributed by atoms with Gasteiger partial charge in [0.2, 0.25) is 17.7 Å². The number of nitrogens with two attached hydrogens (primary N) is 1. The Labute approximate surface area is 195 Å². The van der Waals surface area contributed by atoms with Crippen molar-refractivity contribution in [3.63, 3.8) is 0 Å². The lowest BCUT2D eigenvalue weighted by Crippen LogP contribution is -2.60. The second-order valence-corrected chi connectivity index (χ2v) is 11.0. The topological polar surface area (TPSA) is 122 Å². The van der Waals surface area contributed by atoms with Crippen molar-refractivity contribution in [2.75, 3.05) is 12.0 Å². The van der Waals surface area contributed by atoms with Gasteiger partial charge in [-0.25, -0.2) is 0 Å². The van der Waals surface area contributed by atoms with E-state index in [1.807, 2.05) is 20.1 Å². The second kappa shape index (κ2) is 9.19.